The van der Waals surface area contributed by atoms with Crippen molar-refractivity contribution >= 4 is 17.7 Å². The maximum Gasteiger partial charge on any atom is 0.338 e. The molecule has 0 bridgehead atoms. The van der Waals surface area contributed by atoms with Gasteiger partial charge in [-0.2, -0.15) is 0 Å². The molecular weight excluding hydrogens is 263 g/mol. The van der Waals surface area contributed by atoms with Crippen LogP contribution in [0.15, 0.2) is 18.2 Å². The highest BCUT2D eigenvalue weighted by Crippen LogP contribution is 2.34. The number of urea groups is 1. The summed E-state index contributed by atoms with van der Waals surface area (Å²) < 4.78 is 13.2. The molecule has 1 saturated carbocycles. The summed E-state index contributed by atoms with van der Waals surface area (Å²) in [5.41, 5.74) is -0.202. The van der Waals surface area contributed by atoms with E-state index in [9.17, 15) is 14.0 Å². The lowest BCUT2D eigenvalue weighted by Crippen LogP contribution is -2.31. The number of carboxylic acid groups (broad SMARTS) is 1. The Balaban J connectivity index is 1.92. The Morgan fingerprint density at radius 2 is 2.20 bits per heavy atom. The van der Waals surface area contributed by atoms with Crippen molar-refractivity contribution in [2.24, 2.45) is 5.92 Å². The molecule has 20 heavy (non-hydrogen) atoms. The fraction of sp³-hybridized carbons (Fsp3) is 0.429. The highest BCUT2D eigenvalue weighted by molar-refractivity contribution is 5.93. The van der Waals surface area contributed by atoms with Crippen LogP contribution in [0.1, 0.15) is 36.5 Å². The van der Waals surface area contributed by atoms with Gasteiger partial charge in [0.1, 0.15) is 5.82 Å². The van der Waals surface area contributed by atoms with Gasteiger partial charge in [-0.15, -0.1) is 0 Å². The lowest BCUT2D eigenvalue weighted by Gasteiger charge is -2.08. The summed E-state index contributed by atoms with van der Waals surface area (Å²) in [6.07, 6.45) is 3.15. The minimum atomic E-state index is -1.36. The van der Waals surface area contributed by atoms with Crippen LogP contribution in [-0.4, -0.2) is 23.1 Å². The van der Waals surface area contributed by atoms with Gasteiger partial charge in [0.05, 0.1) is 5.56 Å². The Bertz CT molecular complexity index is 533. The van der Waals surface area contributed by atoms with Crippen LogP contribution in [0.4, 0.5) is 14.9 Å². The number of rotatable bonds is 5. The maximum atomic E-state index is 13.2. The molecule has 0 radical (unpaired) electrons. The molecule has 1 fully saturated rings. The average molecular weight is 280 g/mol. The first kappa shape index (κ1) is 14.3. The molecule has 0 heterocycles. The molecule has 108 valence electrons. The Hall–Kier alpha value is -2.11. The normalized spacial score (nSPS) is 20.3. The number of amides is 2. The van der Waals surface area contributed by atoms with Gasteiger partial charge in [-0.1, -0.05) is 13.3 Å². The molecule has 1 aliphatic carbocycles. The van der Waals surface area contributed by atoms with Crippen LogP contribution in [-0.2, 0) is 0 Å². The lowest BCUT2D eigenvalue weighted by atomic mass is 10.2. The zero-order valence-corrected chi connectivity index (χ0v) is 11.1. The average Bonchev–Trinajstić information content (AvgIpc) is 3.09. The van der Waals surface area contributed by atoms with Gasteiger partial charge < -0.3 is 15.7 Å². The Labute approximate surface area is 116 Å². The Morgan fingerprint density at radius 3 is 2.85 bits per heavy atom. The number of halogens is 1. The minimum Gasteiger partial charge on any atom is -0.478 e. The first-order valence-electron chi connectivity index (χ1n) is 6.61. The van der Waals surface area contributed by atoms with E-state index in [1.54, 1.807) is 0 Å². The highest BCUT2D eigenvalue weighted by Gasteiger charge is 2.37. The van der Waals surface area contributed by atoms with Crippen molar-refractivity contribution in [2.75, 3.05) is 5.32 Å². The molecule has 2 unspecified atom stereocenters. The third kappa shape index (κ3) is 3.46. The van der Waals surface area contributed by atoms with Gasteiger partial charge in [0, 0.05) is 11.7 Å². The van der Waals surface area contributed by atoms with Gasteiger partial charge >= 0.3 is 12.0 Å². The second-order valence-corrected chi connectivity index (χ2v) is 4.99. The van der Waals surface area contributed by atoms with E-state index in [2.05, 4.69) is 17.6 Å². The van der Waals surface area contributed by atoms with Crippen molar-refractivity contribution in [3.05, 3.63) is 29.6 Å². The third-order valence-electron chi connectivity index (χ3n) is 3.35. The fourth-order valence-electron chi connectivity index (χ4n) is 2.22. The molecule has 1 aliphatic rings. The number of benzene rings is 1. The van der Waals surface area contributed by atoms with E-state index in [4.69, 9.17) is 5.11 Å². The highest BCUT2D eigenvalue weighted by atomic mass is 19.1. The van der Waals surface area contributed by atoms with E-state index in [0.717, 1.165) is 31.4 Å². The zero-order chi connectivity index (χ0) is 14.7. The molecule has 6 heteroatoms. The number of carbonyl (C=O) groups excluding carboxylic acids is 1. The van der Waals surface area contributed by atoms with E-state index in [1.807, 2.05) is 0 Å². The third-order valence-corrected chi connectivity index (χ3v) is 3.35. The number of hydrogen-bond acceptors (Lipinski definition) is 2. The van der Waals surface area contributed by atoms with Gasteiger partial charge in [0.15, 0.2) is 0 Å². The van der Waals surface area contributed by atoms with Crippen LogP contribution in [0.5, 0.6) is 0 Å². The zero-order valence-electron chi connectivity index (χ0n) is 11.1. The van der Waals surface area contributed by atoms with E-state index in [-0.39, 0.29) is 11.7 Å². The molecule has 0 aliphatic heterocycles. The molecule has 5 nitrogen and oxygen atoms in total. The van der Waals surface area contributed by atoms with E-state index in [1.165, 1.54) is 6.07 Å². The largest absolute Gasteiger partial charge is 0.478 e. The van der Waals surface area contributed by atoms with Crippen LogP contribution >= 0.6 is 0 Å². The minimum absolute atomic E-state index is 0.189. The van der Waals surface area contributed by atoms with Gasteiger partial charge in [-0.05, 0) is 37.0 Å². The van der Waals surface area contributed by atoms with Gasteiger partial charge in [0.2, 0.25) is 0 Å². The number of anilines is 1. The summed E-state index contributed by atoms with van der Waals surface area (Å²) in [5.74, 6) is -1.65. The lowest BCUT2D eigenvalue weighted by molar-refractivity contribution is 0.0692. The summed E-state index contributed by atoms with van der Waals surface area (Å²) in [4.78, 5) is 22.5. The molecule has 1 aromatic carbocycles. The SMILES string of the molecule is CCCC1CC1NC(=O)Nc1ccc(F)c(C(=O)O)c1. The maximum absolute atomic E-state index is 13.2. The van der Waals surface area contributed by atoms with E-state index < -0.39 is 23.4 Å². The van der Waals surface area contributed by atoms with Gasteiger partial charge in [-0.25, -0.2) is 14.0 Å². The van der Waals surface area contributed by atoms with Crippen LogP contribution in [0.3, 0.4) is 0 Å². The molecule has 3 N–H and O–H groups in total. The van der Waals surface area contributed by atoms with Crippen LogP contribution in [0.25, 0.3) is 0 Å². The summed E-state index contributed by atoms with van der Waals surface area (Å²) in [5, 5.41) is 14.1. The summed E-state index contributed by atoms with van der Waals surface area (Å²) >= 11 is 0. The van der Waals surface area contributed by atoms with E-state index >= 15 is 0 Å². The molecule has 0 saturated heterocycles. The second-order valence-electron chi connectivity index (χ2n) is 4.99. The molecule has 0 spiro atoms. The molecule has 2 amide bonds. The predicted molar refractivity (Wildman–Crippen MR) is 72.3 cm³/mol. The molecule has 2 atom stereocenters. The topological polar surface area (TPSA) is 78.4 Å². The van der Waals surface area contributed by atoms with Crippen LogP contribution < -0.4 is 10.6 Å². The molecule has 2 rings (SSSR count). The molecular formula is C14H17FN2O3. The standard InChI is InChI=1S/C14H17FN2O3/c1-2-3-8-6-12(8)17-14(20)16-9-4-5-11(15)10(7-9)13(18)19/h4-5,7-8,12H,2-3,6H2,1H3,(H,18,19)(H2,16,17,20). The first-order chi connectivity index (χ1) is 9.51. The van der Waals surface area contributed by atoms with Crippen molar-refractivity contribution in [2.45, 2.75) is 32.2 Å². The predicted octanol–water partition coefficient (Wildman–Crippen LogP) is 2.83. The Morgan fingerprint density at radius 1 is 1.45 bits per heavy atom. The van der Waals surface area contributed by atoms with E-state index in [0.29, 0.717) is 5.92 Å². The molecule has 1 aromatic rings. The van der Waals surface area contributed by atoms with Crippen molar-refractivity contribution in [3.63, 3.8) is 0 Å². The van der Waals surface area contributed by atoms with Crippen molar-refractivity contribution in [3.8, 4) is 0 Å². The van der Waals surface area contributed by atoms with Crippen LogP contribution in [0, 0.1) is 11.7 Å². The Kier molecular flexibility index (Phi) is 4.22. The van der Waals surface area contributed by atoms with Gasteiger partial charge in [0.25, 0.3) is 0 Å². The van der Waals surface area contributed by atoms with Crippen molar-refractivity contribution in [1.82, 2.24) is 5.32 Å². The fourth-order valence-corrected chi connectivity index (χ4v) is 2.22. The number of carboxylic acids is 1. The van der Waals surface area contributed by atoms with Crippen molar-refractivity contribution in [1.29, 1.82) is 0 Å². The first-order valence-corrected chi connectivity index (χ1v) is 6.61. The quantitative estimate of drug-likeness (QED) is 0.776. The number of nitrogens with one attached hydrogen (secondary N) is 2. The number of carbonyl (C=O) groups is 2. The summed E-state index contributed by atoms with van der Waals surface area (Å²) in [6.45, 7) is 2.10. The van der Waals surface area contributed by atoms with Gasteiger partial charge in [-0.3, -0.25) is 0 Å². The number of hydrogen-bond donors (Lipinski definition) is 3. The number of aromatic carboxylic acids is 1. The van der Waals surface area contributed by atoms with Crippen molar-refractivity contribution < 1.29 is 19.1 Å². The molecule has 0 aromatic heterocycles. The smallest absolute Gasteiger partial charge is 0.338 e. The second kappa shape index (κ2) is 5.90. The monoisotopic (exact) mass is 280 g/mol. The summed E-state index contributed by atoms with van der Waals surface area (Å²) in [7, 11) is 0. The summed E-state index contributed by atoms with van der Waals surface area (Å²) in [6, 6.07) is 3.26. The van der Waals surface area contributed by atoms with Crippen LogP contribution in [0.2, 0.25) is 0 Å².